The molecule has 1 saturated carbocycles. The van der Waals surface area contributed by atoms with Crippen molar-refractivity contribution < 1.29 is 14.4 Å². The predicted molar refractivity (Wildman–Crippen MR) is 46.6 cm³/mol. The molecule has 1 atom stereocenters. The summed E-state index contributed by atoms with van der Waals surface area (Å²) in [6.45, 7) is 0. The first-order valence-corrected chi connectivity index (χ1v) is 5.99. The number of hydrogen-bond acceptors (Lipinski definition) is 2. The van der Waals surface area contributed by atoms with Crippen LogP contribution in [0.5, 0.6) is 0 Å². The van der Waals surface area contributed by atoms with Gasteiger partial charge in [0.05, 0.1) is 0 Å². The molecule has 0 aromatic rings. The van der Waals surface area contributed by atoms with Crippen LogP contribution in [-0.2, 0) is 4.57 Å². The van der Waals surface area contributed by atoms with Crippen LogP contribution in [0.1, 0.15) is 32.1 Å². The van der Waals surface area contributed by atoms with Gasteiger partial charge in [0.25, 0.3) is 0 Å². The Morgan fingerprint density at radius 3 is 2.33 bits per heavy atom. The molecule has 1 aliphatic rings. The van der Waals surface area contributed by atoms with Gasteiger partial charge in [-0.15, -0.1) is 0 Å². The van der Waals surface area contributed by atoms with E-state index in [4.69, 9.17) is 15.5 Å². The maximum absolute atomic E-state index is 10.7. The molecule has 0 amide bonds. The van der Waals surface area contributed by atoms with Gasteiger partial charge in [-0.05, 0) is 12.3 Å². The molecule has 4 nitrogen and oxygen atoms in total. The normalized spacial score (nSPS) is 22.9. The third kappa shape index (κ3) is 2.87. The molecule has 0 saturated heterocycles. The Kier molecular flexibility index (Phi) is 3.29. The van der Waals surface area contributed by atoms with E-state index >= 15 is 0 Å². The fraction of sp³-hybridized carbons (Fsp3) is 1.00. The maximum atomic E-state index is 10.7. The lowest BCUT2D eigenvalue weighted by molar-refractivity contribution is 0.343. The van der Waals surface area contributed by atoms with Gasteiger partial charge in [-0.1, -0.05) is 25.7 Å². The molecule has 0 radical (unpaired) electrons. The lowest BCUT2D eigenvalue weighted by Gasteiger charge is -2.16. The summed E-state index contributed by atoms with van der Waals surface area (Å²) in [5.74, 6) is -0.506. The van der Waals surface area contributed by atoms with E-state index in [1.165, 1.54) is 12.8 Å². The highest BCUT2D eigenvalue weighted by molar-refractivity contribution is 7.52. The topological polar surface area (TPSA) is 83.6 Å². The van der Waals surface area contributed by atoms with Crippen LogP contribution < -0.4 is 5.73 Å². The third-order valence-corrected chi connectivity index (χ3v) is 3.56. The minimum atomic E-state index is -4.03. The van der Waals surface area contributed by atoms with E-state index < -0.39 is 13.4 Å². The van der Waals surface area contributed by atoms with Crippen molar-refractivity contribution in [1.82, 2.24) is 0 Å². The molecule has 0 aromatic carbocycles. The molecule has 0 unspecified atom stereocenters. The zero-order valence-corrected chi connectivity index (χ0v) is 7.91. The molecule has 12 heavy (non-hydrogen) atoms. The van der Waals surface area contributed by atoms with Crippen molar-refractivity contribution in [3.05, 3.63) is 0 Å². The summed E-state index contributed by atoms with van der Waals surface area (Å²) in [5, 5.41) is 0. The lowest BCUT2D eigenvalue weighted by Crippen LogP contribution is -2.22. The largest absolute Gasteiger partial charge is 0.342 e. The van der Waals surface area contributed by atoms with Gasteiger partial charge in [0.1, 0.15) is 5.78 Å². The molecule has 72 valence electrons. The zero-order chi connectivity index (χ0) is 9.19. The fourth-order valence-corrected chi connectivity index (χ4v) is 2.30. The van der Waals surface area contributed by atoms with E-state index in [1.54, 1.807) is 0 Å². The minimum absolute atomic E-state index is 0.438. The van der Waals surface area contributed by atoms with E-state index in [1.807, 2.05) is 0 Å². The Hall–Kier alpha value is 0.110. The average Bonchev–Trinajstić information content (AvgIpc) is 2.37. The van der Waals surface area contributed by atoms with Crippen LogP contribution in [0, 0.1) is 5.92 Å². The molecule has 0 bridgehead atoms. The molecule has 0 aromatic heterocycles. The highest BCUT2D eigenvalue weighted by Gasteiger charge is 2.28. The number of rotatable bonds is 3. The van der Waals surface area contributed by atoms with Crippen molar-refractivity contribution in [2.24, 2.45) is 11.7 Å². The predicted octanol–water partition coefficient (Wildman–Crippen LogP) is 1.03. The second kappa shape index (κ2) is 3.88. The van der Waals surface area contributed by atoms with Gasteiger partial charge in [0.15, 0.2) is 0 Å². The summed E-state index contributed by atoms with van der Waals surface area (Å²) in [5.41, 5.74) is 5.37. The fourth-order valence-electron chi connectivity index (χ4n) is 1.72. The SMILES string of the molecule is N[C@@H](CC1CCCC1)P(=O)(O)O. The van der Waals surface area contributed by atoms with E-state index in [2.05, 4.69) is 0 Å². The molecule has 5 heteroatoms. The van der Waals surface area contributed by atoms with Crippen LogP contribution in [0.4, 0.5) is 0 Å². The van der Waals surface area contributed by atoms with Gasteiger partial charge in [0, 0.05) is 0 Å². The Morgan fingerprint density at radius 1 is 1.42 bits per heavy atom. The molecule has 0 aliphatic heterocycles. The Balaban J connectivity index is 2.35. The van der Waals surface area contributed by atoms with Gasteiger partial charge < -0.3 is 15.5 Å². The average molecular weight is 193 g/mol. The first-order valence-electron chi connectivity index (χ1n) is 4.31. The Morgan fingerprint density at radius 2 is 1.92 bits per heavy atom. The summed E-state index contributed by atoms with van der Waals surface area (Å²) in [4.78, 5) is 17.5. The van der Waals surface area contributed by atoms with Crippen molar-refractivity contribution in [3.63, 3.8) is 0 Å². The van der Waals surface area contributed by atoms with Crippen molar-refractivity contribution in [3.8, 4) is 0 Å². The third-order valence-electron chi connectivity index (χ3n) is 2.48. The second-order valence-electron chi connectivity index (χ2n) is 3.54. The molecule has 1 rings (SSSR count). The molecular formula is C7H16NO3P. The van der Waals surface area contributed by atoms with Crippen LogP contribution in [0.2, 0.25) is 0 Å². The van der Waals surface area contributed by atoms with Gasteiger partial charge in [0.2, 0.25) is 0 Å². The minimum Gasteiger partial charge on any atom is -0.323 e. The number of hydrogen-bond donors (Lipinski definition) is 3. The molecule has 1 aliphatic carbocycles. The highest BCUT2D eigenvalue weighted by atomic mass is 31.2. The van der Waals surface area contributed by atoms with Crippen molar-refractivity contribution in [2.45, 2.75) is 37.9 Å². The van der Waals surface area contributed by atoms with Crippen LogP contribution >= 0.6 is 7.60 Å². The van der Waals surface area contributed by atoms with Crippen molar-refractivity contribution in [1.29, 1.82) is 0 Å². The summed E-state index contributed by atoms with van der Waals surface area (Å²) < 4.78 is 10.7. The van der Waals surface area contributed by atoms with Crippen LogP contribution in [-0.4, -0.2) is 15.6 Å². The molecule has 4 N–H and O–H groups in total. The van der Waals surface area contributed by atoms with Crippen LogP contribution in [0.15, 0.2) is 0 Å². The zero-order valence-electron chi connectivity index (χ0n) is 7.02. The lowest BCUT2D eigenvalue weighted by atomic mass is 10.0. The standard InChI is InChI=1S/C7H16NO3P/c8-7(12(9,10)11)5-6-3-1-2-4-6/h6-7H,1-5,8H2,(H2,9,10,11)/t7-/m1/s1. The Bertz CT molecular complexity index is 185. The van der Waals surface area contributed by atoms with Crippen LogP contribution in [0.25, 0.3) is 0 Å². The van der Waals surface area contributed by atoms with E-state index in [0.717, 1.165) is 12.8 Å². The molecule has 0 spiro atoms. The van der Waals surface area contributed by atoms with Crippen molar-refractivity contribution in [2.75, 3.05) is 0 Å². The molecular weight excluding hydrogens is 177 g/mol. The van der Waals surface area contributed by atoms with Crippen LogP contribution in [0.3, 0.4) is 0 Å². The maximum Gasteiger partial charge on any atom is 0.342 e. The van der Waals surface area contributed by atoms with E-state index in [0.29, 0.717) is 12.3 Å². The first-order chi connectivity index (χ1) is 5.50. The molecule has 0 heterocycles. The summed E-state index contributed by atoms with van der Waals surface area (Å²) in [7, 11) is -4.03. The van der Waals surface area contributed by atoms with Gasteiger partial charge in [-0.25, -0.2) is 0 Å². The van der Waals surface area contributed by atoms with Gasteiger partial charge in [-0.2, -0.15) is 0 Å². The first kappa shape index (κ1) is 10.2. The highest BCUT2D eigenvalue weighted by Crippen LogP contribution is 2.43. The summed E-state index contributed by atoms with van der Waals surface area (Å²) in [6.07, 6.45) is 4.99. The summed E-state index contributed by atoms with van der Waals surface area (Å²) in [6, 6.07) is 0. The van der Waals surface area contributed by atoms with Gasteiger partial charge >= 0.3 is 7.60 Å². The van der Waals surface area contributed by atoms with Crippen molar-refractivity contribution >= 4 is 7.60 Å². The monoisotopic (exact) mass is 193 g/mol. The molecule has 1 fully saturated rings. The second-order valence-corrected chi connectivity index (χ2v) is 5.38. The van der Waals surface area contributed by atoms with Gasteiger partial charge in [-0.3, -0.25) is 4.57 Å². The van der Waals surface area contributed by atoms with E-state index in [-0.39, 0.29) is 0 Å². The quantitative estimate of drug-likeness (QED) is 0.584. The number of nitrogens with two attached hydrogens (primary N) is 1. The summed E-state index contributed by atoms with van der Waals surface area (Å²) >= 11 is 0. The smallest absolute Gasteiger partial charge is 0.323 e. The van der Waals surface area contributed by atoms with E-state index in [9.17, 15) is 4.57 Å². The Labute approximate surface area is 72.3 Å².